The standard InChI is InChI=1S/C33H39N3O4.3ClH/c34-14-15-35-16-19-36(20-17-35,21-18-35)24-27-8-12-29(13-9-27)28-10-6-26(7-11-28)23-31(33(39)40)30(32(37)38)22-25-4-2-1-3-5-25;;;/h1-13,30-31H,14-24,34H2;3*1H/t30-,31-,35?,36?;;;/m0.../s1. The second-order valence-electron chi connectivity index (χ2n) is 11.9. The van der Waals surface area contributed by atoms with Crippen LogP contribution in [0.25, 0.3) is 11.1 Å². The number of carboxylic acids is 2. The molecule has 7 nitrogen and oxygen atoms in total. The number of quaternary nitrogens is 3. The molecule has 0 aliphatic carbocycles. The number of hydrogen-bond donors (Lipinski definition) is 3. The zero-order valence-electron chi connectivity index (χ0n) is 24.4. The monoisotopic (exact) mass is 649 g/mol. The minimum atomic E-state index is -1.08. The van der Waals surface area contributed by atoms with Crippen LogP contribution >= 0.6 is 0 Å². The van der Waals surface area contributed by atoms with Crippen LogP contribution in [0.2, 0.25) is 0 Å². The van der Waals surface area contributed by atoms with Crippen molar-refractivity contribution in [3.8, 4) is 11.1 Å². The van der Waals surface area contributed by atoms with Crippen LogP contribution < -0.4 is 43.0 Å². The van der Waals surface area contributed by atoms with Gasteiger partial charge in [0.1, 0.15) is 58.9 Å². The molecule has 0 spiro atoms. The number of halogens is 3. The van der Waals surface area contributed by atoms with Gasteiger partial charge < -0.3 is 62.1 Å². The van der Waals surface area contributed by atoms with Crippen LogP contribution in [0.1, 0.15) is 16.7 Å². The molecule has 2 bridgehead atoms. The first-order valence-electron chi connectivity index (χ1n) is 14.5. The number of benzene rings is 3. The van der Waals surface area contributed by atoms with Crippen LogP contribution in [-0.4, -0.2) is 83.5 Å². The normalized spacial score (nSPS) is 21.8. The average Bonchev–Trinajstić information content (AvgIpc) is 2.97. The summed E-state index contributed by atoms with van der Waals surface area (Å²) in [6.07, 6.45) is 0.362. The van der Waals surface area contributed by atoms with Crippen molar-refractivity contribution in [3.05, 3.63) is 95.6 Å². The molecule has 43 heavy (non-hydrogen) atoms. The lowest BCUT2D eigenvalue weighted by atomic mass is 9.82. The summed E-state index contributed by atoms with van der Waals surface area (Å²) in [5, 5.41) is 19.8. The van der Waals surface area contributed by atoms with Gasteiger partial charge in [-0.3, -0.25) is 9.59 Å². The van der Waals surface area contributed by atoms with Gasteiger partial charge in [-0.25, -0.2) is 0 Å². The van der Waals surface area contributed by atoms with E-state index in [1.54, 1.807) is 0 Å². The highest BCUT2D eigenvalue weighted by atomic mass is 35.5. The van der Waals surface area contributed by atoms with Crippen molar-refractivity contribution in [1.82, 2.24) is 0 Å². The maximum atomic E-state index is 12.1. The number of nitrogens with zero attached hydrogens (tertiary/aromatic N) is 2. The fourth-order valence-electron chi connectivity index (χ4n) is 6.80. The van der Waals surface area contributed by atoms with Crippen molar-refractivity contribution in [3.63, 3.8) is 0 Å². The highest BCUT2D eigenvalue weighted by molar-refractivity contribution is 5.80. The quantitative estimate of drug-likeness (QED) is 0.170. The molecule has 0 aromatic heterocycles. The largest absolute Gasteiger partial charge is 1.00 e. The summed E-state index contributed by atoms with van der Waals surface area (Å²) in [6, 6.07) is 26.0. The fourth-order valence-corrected chi connectivity index (χ4v) is 6.80. The van der Waals surface area contributed by atoms with Gasteiger partial charge in [0.05, 0.1) is 11.8 Å². The SMILES string of the molecule is [Cl-].[Cl-].[Cl-].[NH3+]CC[N+]12CC[N+](Cc3ccc(-c4ccc(C[C@H](C(=O)O)[C@H](Cc5ccccc5)C(=O)O)cc4)cc3)(CC1)CC2. The topological polar surface area (TPSA) is 102 Å². The van der Waals surface area contributed by atoms with E-state index in [4.69, 9.17) is 0 Å². The number of hydrogen-bond acceptors (Lipinski definition) is 2. The van der Waals surface area contributed by atoms with Crippen molar-refractivity contribution in [2.75, 3.05) is 52.4 Å². The average molecular weight is 651 g/mol. The molecule has 3 aliphatic heterocycles. The van der Waals surface area contributed by atoms with Crippen molar-refractivity contribution in [2.24, 2.45) is 11.8 Å². The molecule has 10 heteroatoms. The van der Waals surface area contributed by atoms with Gasteiger partial charge in [-0.15, -0.1) is 0 Å². The van der Waals surface area contributed by atoms with Gasteiger partial charge in [-0.05, 0) is 35.1 Å². The van der Waals surface area contributed by atoms with Gasteiger partial charge in [0.15, 0.2) is 0 Å². The first-order chi connectivity index (χ1) is 19.3. The molecule has 3 fully saturated rings. The van der Waals surface area contributed by atoms with E-state index in [9.17, 15) is 19.8 Å². The Morgan fingerprint density at radius 3 is 1.42 bits per heavy atom. The van der Waals surface area contributed by atoms with E-state index in [0.29, 0.717) is 0 Å². The second kappa shape index (κ2) is 15.9. The Hall–Kier alpha value is -2.65. The molecule has 5 N–H and O–H groups in total. The predicted octanol–water partition coefficient (Wildman–Crippen LogP) is -6.04. The van der Waals surface area contributed by atoms with Gasteiger partial charge in [0, 0.05) is 5.56 Å². The first kappa shape index (κ1) is 36.5. The summed E-state index contributed by atoms with van der Waals surface area (Å²) >= 11 is 0. The van der Waals surface area contributed by atoms with Crippen molar-refractivity contribution >= 4 is 11.9 Å². The third kappa shape index (κ3) is 8.72. The van der Waals surface area contributed by atoms with E-state index < -0.39 is 23.8 Å². The summed E-state index contributed by atoms with van der Waals surface area (Å²) in [5.41, 5.74) is 9.32. The lowest BCUT2D eigenvalue weighted by molar-refractivity contribution is -1.09. The molecule has 0 saturated carbocycles. The smallest absolute Gasteiger partial charge is 0.307 e. The molecule has 0 radical (unpaired) electrons. The Morgan fingerprint density at radius 1 is 0.605 bits per heavy atom. The molecule has 3 aliphatic rings. The number of carboxylic acid groups (broad SMARTS) is 2. The van der Waals surface area contributed by atoms with E-state index in [2.05, 4.69) is 30.0 Å². The molecule has 234 valence electrons. The number of carbonyl (C=O) groups is 2. The van der Waals surface area contributed by atoms with E-state index in [1.165, 1.54) is 60.3 Å². The second-order valence-corrected chi connectivity index (χ2v) is 11.9. The van der Waals surface area contributed by atoms with Gasteiger partial charge >= 0.3 is 11.9 Å². The number of fused-ring (bicyclic) bond motifs is 3. The number of piperazine rings is 3. The van der Waals surface area contributed by atoms with E-state index in [-0.39, 0.29) is 50.1 Å². The summed E-state index contributed by atoms with van der Waals surface area (Å²) in [7, 11) is 0. The van der Waals surface area contributed by atoms with E-state index >= 15 is 0 Å². The molecule has 3 aromatic rings. The molecule has 6 rings (SSSR count). The molecule has 2 atom stereocenters. The van der Waals surface area contributed by atoms with Gasteiger partial charge in [0.2, 0.25) is 0 Å². The molecule has 0 unspecified atom stereocenters. The Bertz CT molecular complexity index is 1300. The Kier molecular flexibility index (Phi) is 13.5. The summed E-state index contributed by atoms with van der Waals surface area (Å²) < 4.78 is 2.48. The summed E-state index contributed by atoms with van der Waals surface area (Å²) in [6.45, 7) is 11.0. The van der Waals surface area contributed by atoms with Crippen LogP contribution in [0.15, 0.2) is 78.9 Å². The maximum absolute atomic E-state index is 12.1. The van der Waals surface area contributed by atoms with Crippen molar-refractivity contribution in [2.45, 2.75) is 19.4 Å². The number of aliphatic carboxylic acids is 2. The maximum Gasteiger partial charge on any atom is 0.307 e. The van der Waals surface area contributed by atoms with Crippen molar-refractivity contribution in [1.29, 1.82) is 0 Å². The Balaban J connectivity index is 0.00000215. The zero-order valence-corrected chi connectivity index (χ0v) is 26.7. The number of rotatable bonds is 12. The summed E-state index contributed by atoms with van der Waals surface area (Å²) in [4.78, 5) is 24.2. The molecule has 3 aromatic carbocycles. The Morgan fingerprint density at radius 2 is 1.00 bits per heavy atom. The van der Waals surface area contributed by atoms with Crippen LogP contribution in [0.3, 0.4) is 0 Å². The van der Waals surface area contributed by atoms with Crippen molar-refractivity contribution < 1.29 is 71.7 Å². The zero-order chi connectivity index (χ0) is 28.2. The predicted molar refractivity (Wildman–Crippen MR) is 154 cm³/mol. The van der Waals surface area contributed by atoms with E-state index in [1.807, 2.05) is 54.6 Å². The highest BCUT2D eigenvalue weighted by Gasteiger charge is 2.48. The molecule has 0 amide bonds. The minimum absolute atomic E-state index is 0. The fraction of sp³-hybridized carbons (Fsp3) is 0.394. The molecular weight excluding hydrogens is 609 g/mol. The first-order valence-corrected chi connectivity index (χ1v) is 14.5. The highest BCUT2D eigenvalue weighted by Crippen LogP contribution is 2.30. The third-order valence-electron chi connectivity index (χ3n) is 9.41. The van der Waals surface area contributed by atoms with Gasteiger partial charge in [-0.1, -0.05) is 78.9 Å². The lowest BCUT2D eigenvalue weighted by Gasteiger charge is -2.55. The minimum Gasteiger partial charge on any atom is -1.00 e. The van der Waals surface area contributed by atoms with Crippen LogP contribution in [0.5, 0.6) is 0 Å². The van der Waals surface area contributed by atoms with E-state index in [0.717, 1.165) is 35.3 Å². The molecule has 3 saturated heterocycles. The van der Waals surface area contributed by atoms with Gasteiger partial charge in [-0.2, -0.15) is 0 Å². The molecule has 3 heterocycles. The van der Waals surface area contributed by atoms with Crippen LogP contribution in [0.4, 0.5) is 0 Å². The Labute approximate surface area is 273 Å². The lowest BCUT2D eigenvalue weighted by Crippen LogP contribution is -3.00. The van der Waals surface area contributed by atoms with Crippen LogP contribution in [0, 0.1) is 11.8 Å². The summed E-state index contributed by atoms with van der Waals surface area (Å²) in [5.74, 6) is -4.17. The molecular formula is C33H42Cl3N3O4. The third-order valence-corrected chi connectivity index (χ3v) is 9.41. The van der Waals surface area contributed by atoms with Crippen LogP contribution in [-0.2, 0) is 29.0 Å². The van der Waals surface area contributed by atoms with Gasteiger partial charge in [0.25, 0.3) is 0 Å².